The van der Waals surface area contributed by atoms with E-state index < -0.39 is 0 Å². The highest BCUT2D eigenvalue weighted by atomic mass is 16.5. The summed E-state index contributed by atoms with van der Waals surface area (Å²) in [6, 6.07) is 0. The molecule has 0 aliphatic rings. The van der Waals surface area contributed by atoms with Crippen LogP contribution >= 0.6 is 0 Å². The third kappa shape index (κ3) is 6.05. The second-order valence-electron chi connectivity index (χ2n) is 3.87. The zero-order valence-electron chi connectivity index (χ0n) is 7.35. The molecule has 1 N–H and O–H groups in total. The van der Waals surface area contributed by atoms with Crippen LogP contribution in [-0.2, 0) is 4.74 Å². The van der Waals surface area contributed by atoms with Gasteiger partial charge in [-0.1, -0.05) is 20.8 Å². The molecule has 10 heavy (non-hydrogen) atoms. The van der Waals surface area contributed by atoms with Crippen molar-refractivity contribution in [1.29, 1.82) is 0 Å². The Morgan fingerprint density at radius 2 is 1.90 bits per heavy atom. The molecule has 0 amide bonds. The molecule has 1 unspecified atom stereocenters. The van der Waals surface area contributed by atoms with Gasteiger partial charge in [0.05, 0.1) is 12.7 Å². The highest BCUT2D eigenvalue weighted by Crippen LogP contribution is 2.20. The van der Waals surface area contributed by atoms with E-state index in [1.807, 2.05) is 0 Å². The van der Waals surface area contributed by atoms with Gasteiger partial charge in [0, 0.05) is 7.11 Å². The molecule has 0 heterocycles. The topological polar surface area (TPSA) is 29.5 Å². The average Bonchev–Trinajstić information content (AvgIpc) is 1.59. The molecular weight excluding hydrogens is 128 g/mol. The summed E-state index contributed by atoms with van der Waals surface area (Å²) < 4.78 is 4.80. The molecule has 0 aromatic heterocycles. The molecule has 0 radical (unpaired) electrons. The first-order valence-electron chi connectivity index (χ1n) is 3.63. The molecule has 0 aromatic carbocycles. The minimum atomic E-state index is -0.315. The highest BCUT2D eigenvalue weighted by Gasteiger charge is 2.15. The second-order valence-corrected chi connectivity index (χ2v) is 3.87. The van der Waals surface area contributed by atoms with Gasteiger partial charge < -0.3 is 9.84 Å². The maximum Gasteiger partial charge on any atom is 0.0778 e. The fraction of sp³-hybridized carbons (Fsp3) is 1.00. The Labute approximate surface area is 63.2 Å². The molecule has 0 fully saturated rings. The highest BCUT2D eigenvalue weighted by molar-refractivity contribution is 4.67. The first-order chi connectivity index (χ1) is 4.45. The summed E-state index contributed by atoms with van der Waals surface area (Å²) in [5.74, 6) is 0. The van der Waals surface area contributed by atoms with E-state index in [9.17, 15) is 5.11 Å². The number of hydrogen-bond donors (Lipinski definition) is 1. The molecule has 0 bridgehead atoms. The van der Waals surface area contributed by atoms with Crippen molar-refractivity contribution < 1.29 is 9.84 Å². The Bertz CT molecular complexity index is 83.7. The monoisotopic (exact) mass is 146 g/mol. The van der Waals surface area contributed by atoms with Gasteiger partial charge in [0.2, 0.25) is 0 Å². The first kappa shape index (κ1) is 9.92. The minimum absolute atomic E-state index is 0.192. The van der Waals surface area contributed by atoms with Gasteiger partial charge >= 0.3 is 0 Å². The molecular formula is C8H18O2. The van der Waals surface area contributed by atoms with Gasteiger partial charge in [0.25, 0.3) is 0 Å². The van der Waals surface area contributed by atoms with Crippen molar-refractivity contribution in [3.63, 3.8) is 0 Å². The summed E-state index contributed by atoms with van der Waals surface area (Å²) in [7, 11) is 1.60. The third-order valence-corrected chi connectivity index (χ3v) is 1.21. The van der Waals surface area contributed by atoms with E-state index in [1.165, 1.54) is 0 Å². The van der Waals surface area contributed by atoms with E-state index in [4.69, 9.17) is 4.74 Å². The lowest BCUT2D eigenvalue weighted by Gasteiger charge is -2.21. The van der Waals surface area contributed by atoms with E-state index in [1.54, 1.807) is 7.11 Å². The van der Waals surface area contributed by atoms with Crippen LogP contribution in [0, 0.1) is 5.41 Å². The molecule has 0 aliphatic heterocycles. The maximum absolute atomic E-state index is 9.26. The van der Waals surface area contributed by atoms with Crippen LogP contribution in [-0.4, -0.2) is 24.9 Å². The number of ether oxygens (including phenoxy) is 1. The molecule has 0 aromatic rings. The third-order valence-electron chi connectivity index (χ3n) is 1.21. The van der Waals surface area contributed by atoms with Crippen LogP contribution < -0.4 is 0 Å². The van der Waals surface area contributed by atoms with E-state index in [0.717, 1.165) is 6.42 Å². The Morgan fingerprint density at radius 1 is 1.40 bits per heavy atom. The zero-order valence-corrected chi connectivity index (χ0v) is 7.35. The predicted molar refractivity (Wildman–Crippen MR) is 42.0 cm³/mol. The Morgan fingerprint density at radius 3 is 2.20 bits per heavy atom. The molecule has 2 nitrogen and oxygen atoms in total. The van der Waals surface area contributed by atoms with Crippen molar-refractivity contribution in [1.82, 2.24) is 0 Å². The van der Waals surface area contributed by atoms with Crippen molar-refractivity contribution in [3.8, 4) is 0 Å². The van der Waals surface area contributed by atoms with E-state index in [2.05, 4.69) is 20.8 Å². The summed E-state index contributed by atoms with van der Waals surface area (Å²) in [6.07, 6.45) is 0.478. The van der Waals surface area contributed by atoms with Crippen LogP contribution in [0.5, 0.6) is 0 Å². The first-order valence-corrected chi connectivity index (χ1v) is 3.63. The number of aliphatic hydroxyl groups excluding tert-OH is 1. The lowest BCUT2D eigenvalue weighted by atomic mass is 9.89. The van der Waals surface area contributed by atoms with Crippen LogP contribution in [0.1, 0.15) is 27.2 Å². The molecule has 0 rings (SSSR count). The van der Waals surface area contributed by atoms with Crippen LogP contribution in [0.4, 0.5) is 0 Å². The van der Waals surface area contributed by atoms with Crippen molar-refractivity contribution in [2.24, 2.45) is 5.41 Å². The normalized spacial score (nSPS) is 15.3. The summed E-state index contributed by atoms with van der Waals surface area (Å²) in [4.78, 5) is 0. The van der Waals surface area contributed by atoms with Crippen LogP contribution in [0.2, 0.25) is 0 Å². The molecule has 0 saturated carbocycles. The second kappa shape index (κ2) is 3.94. The average molecular weight is 146 g/mol. The largest absolute Gasteiger partial charge is 0.391 e. The number of hydrogen-bond acceptors (Lipinski definition) is 2. The quantitative estimate of drug-likeness (QED) is 0.652. The molecule has 0 aliphatic carbocycles. The lowest BCUT2D eigenvalue weighted by molar-refractivity contribution is 0.0382. The summed E-state index contributed by atoms with van der Waals surface area (Å²) in [6.45, 7) is 6.75. The maximum atomic E-state index is 9.26. The van der Waals surface area contributed by atoms with Gasteiger partial charge in [-0.25, -0.2) is 0 Å². The van der Waals surface area contributed by atoms with Gasteiger partial charge in [-0.05, 0) is 11.8 Å². The molecule has 0 spiro atoms. The van der Waals surface area contributed by atoms with E-state index in [-0.39, 0.29) is 11.5 Å². The van der Waals surface area contributed by atoms with Crippen molar-refractivity contribution >= 4 is 0 Å². The van der Waals surface area contributed by atoms with Gasteiger partial charge in [-0.2, -0.15) is 0 Å². The Balaban J connectivity index is 3.47. The Hall–Kier alpha value is -0.0800. The lowest BCUT2D eigenvalue weighted by Crippen LogP contribution is -2.21. The zero-order chi connectivity index (χ0) is 8.20. The molecule has 0 saturated heterocycles. The summed E-state index contributed by atoms with van der Waals surface area (Å²) >= 11 is 0. The predicted octanol–water partition coefficient (Wildman–Crippen LogP) is 1.43. The summed E-state index contributed by atoms with van der Waals surface area (Å²) in [5, 5.41) is 9.26. The molecule has 2 heteroatoms. The van der Waals surface area contributed by atoms with Crippen molar-refractivity contribution in [2.45, 2.75) is 33.3 Å². The van der Waals surface area contributed by atoms with Gasteiger partial charge in [0.1, 0.15) is 0 Å². The molecule has 62 valence electrons. The smallest absolute Gasteiger partial charge is 0.0778 e. The van der Waals surface area contributed by atoms with Crippen LogP contribution in [0.3, 0.4) is 0 Å². The Kier molecular flexibility index (Phi) is 3.91. The fourth-order valence-corrected chi connectivity index (χ4v) is 0.958. The number of methoxy groups -OCH3 is 1. The van der Waals surface area contributed by atoms with Crippen LogP contribution in [0.25, 0.3) is 0 Å². The fourth-order valence-electron chi connectivity index (χ4n) is 0.958. The van der Waals surface area contributed by atoms with Gasteiger partial charge in [-0.15, -0.1) is 0 Å². The SMILES string of the molecule is COCC(O)CC(C)(C)C. The van der Waals surface area contributed by atoms with Gasteiger partial charge in [0.15, 0.2) is 0 Å². The van der Waals surface area contributed by atoms with Crippen LogP contribution in [0.15, 0.2) is 0 Å². The number of rotatable bonds is 3. The summed E-state index contributed by atoms with van der Waals surface area (Å²) in [5.41, 5.74) is 0.192. The van der Waals surface area contributed by atoms with E-state index in [0.29, 0.717) is 6.61 Å². The van der Waals surface area contributed by atoms with E-state index >= 15 is 0 Å². The number of aliphatic hydroxyl groups is 1. The van der Waals surface area contributed by atoms with Crippen molar-refractivity contribution in [2.75, 3.05) is 13.7 Å². The minimum Gasteiger partial charge on any atom is -0.391 e. The van der Waals surface area contributed by atoms with Gasteiger partial charge in [-0.3, -0.25) is 0 Å². The molecule has 1 atom stereocenters. The van der Waals surface area contributed by atoms with Crippen molar-refractivity contribution in [3.05, 3.63) is 0 Å². The standard InChI is InChI=1S/C8H18O2/c1-8(2,3)5-7(9)6-10-4/h7,9H,5-6H2,1-4H3.